The minimum Gasteiger partial charge on any atom is -0.481 e. The monoisotopic (exact) mass is 250 g/mol. The van der Waals surface area contributed by atoms with Gasteiger partial charge in [-0.1, -0.05) is 6.92 Å². The molecule has 0 aromatic carbocycles. The topological polar surface area (TPSA) is 70.5 Å². The number of aromatic nitrogens is 1. The number of rotatable bonds is 6. The zero-order valence-electron chi connectivity index (χ0n) is 10.7. The second kappa shape index (κ2) is 6.74. The van der Waals surface area contributed by atoms with Crippen molar-refractivity contribution >= 4 is 11.9 Å². The first-order chi connectivity index (χ1) is 8.56. The minimum absolute atomic E-state index is 0.0185. The molecule has 1 heterocycles. The normalized spacial score (nSPS) is 11.9. The number of carboxylic acids is 1. The van der Waals surface area contributed by atoms with Crippen molar-refractivity contribution in [2.75, 3.05) is 6.54 Å². The molecule has 0 bridgehead atoms. The molecule has 0 aliphatic carbocycles. The Labute approximate surface area is 106 Å². The van der Waals surface area contributed by atoms with E-state index in [4.69, 9.17) is 5.11 Å². The Hall–Kier alpha value is -1.91. The van der Waals surface area contributed by atoms with E-state index in [-0.39, 0.29) is 24.9 Å². The van der Waals surface area contributed by atoms with Gasteiger partial charge in [-0.3, -0.25) is 14.6 Å². The van der Waals surface area contributed by atoms with E-state index in [0.29, 0.717) is 5.56 Å². The number of hydrogen-bond acceptors (Lipinski definition) is 3. The van der Waals surface area contributed by atoms with Crippen LogP contribution in [0.15, 0.2) is 24.5 Å². The van der Waals surface area contributed by atoms with Crippen molar-refractivity contribution in [2.24, 2.45) is 0 Å². The van der Waals surface area contributed by atoms with Crippen LogP contribution in [-0.2, 0) is 4.79 Å². The molecule has 1 aromatic heterocycles. The molecule has 0 aliphatic heterocycles. The van der Waals surface area contributed by atoms with Crippen LogP contribution < -0.4 is 0 Å². The zero-order chi connectivity index (χ0) is 13.5. The number of aliphatic carboxylic acids is 1. The minimum atomic E-state index is -0.897. The third-order valence-electron chi connectivity index (χ3n) is 2.88. The lowest BCUT2D eigenvalue weighted by molar-refractivity contribution is -0.137. The van der Waals surface area contributed by atoms with E-state index in [9.17, 15) is 9.59 Å². The van der Waals surface area contributed by atoms with E-state index in [1.807, 2.05) is 13.8 Å². The van der Waals surface area contributed by atoms with Crippen molar-refractivity contribution < 1.29 is 14.7 Å². The second-order valence-electron chi connectivity index (χ2n) is 4.14. The zero-order valence-corrected chi connectivity index (χ0v) is 10.7. The average molecular weight is 250 g/mol. The summed E-state index contributed by atoms with van der Waals surface area (Å²) in [6.07, 6.45) is 3.86. The standard InChI is InChI=1S/C13H18N2O3/c1-3-10(2)15(9-6-12(16)17)13(18)11-4-7-14-8-5-11/h4-5,7-8,10H,3,6,9H2,1-2H3,(H,16,17). The van der Waals surface area contributed by atoms with Gasteiger partial charge in [-0.15, -0.1) is 0 Å². The van der Waals surface area contributed by atoms with Gasteiger partial charge in [0.2, 0.25) is 0 Å². The summed E-state index contributed by atoms with van der Waals surface area (Å²) in [5.74, 6) is -1.04. The summed E-state index contributed by atoms with van der Waals surface area (Å²) in [6.45, 7) is 4.12. The van der Waals surface area contributed by atoms with Crippen LogP contribution in [0.1, 0.15) is 37.0 Å². The first-order valence-electron chi connectivity index (χ1n) is 5.99. The Morgan fingerprint density at radius 2 is 2.00 bits per heavy atom. The highest BCUT2D eigenvalue weighted by Crippen LogP contribution is 2.11. The van der Waals surface area contributed by atoms with Crippen molar-refractivity contribution in [1.29, 1.82) is 0 Å². The molecular formula is C13H18N2O3. The quantitative estimate of drug-likeness (QED) is 0.835. The number of carboxylic acid groups (broad SMARTS) is 1. The van der Waals surface area contributed by atoms with Gasteiger partial charge in [-0.2, -0.15) is 0 Å². The largest absolute Gasteiger partial charge is 0.481 e. The Morgan fingerprint density at radius 3 is 2.50 bits per heavy atom. The highest BCUT2D eigenvalue weighted by molar-refractivity contribution is 5.94. The number of carbonyl (C=O) groups excluding carboxylic acids is 1. The van der Waals surface area contributed by atoms with Gasteiger partial charge < -0.3 is 10.0 Å². The lowest BCUT2D eigenvalue weighted by Gasteiger charge is -2.28. The van der Waals surface area contributed by atoms with Crippen molar-refractivity contribution in [3.8, 4) is 0 Å². The van der Waals surface area contributed by atoms with E-state index < -0.39 is 5.97 Å². The number of carbonyl (C=O) groups is 2. The van der Waals surface area contributed by atoms with Gasteiger partial charge in [-0.25, -0.2) is 0 Å². The first-order valence-corrected chi connectivity index (χ1v) is 5.99. The van der Waals surface area contributed by atoms with Crippen LogP contribution in [0.4, 0.5) is 0 Å². The van der Waals surface area contributed by atoms with Crippen molar-refractivity contribution in [2.45, 2.75) is 32.7 Å². The van der Waals surface area contributed by atoms with Crippen LogP contribution in [-0.4, -0.2) is 39.5 Å². The van der Waals surface area contributed by atoms with E-state index in [2.05, 4.69) is 4.98 Å². The van der Waals surface area contributed by atoms with Gasteiger partial charge in [0.1, 0.15) is 0 Å². The van der Waals surface area contributed by atoms with Crippen LogP contribution in [0.5, 0.6) is 0 Å². The summed E-state index contributed by atoms with van der Waals surface area (Å²) in [7, 11) is 0. The number of nitrogens with zero attached hydrogens (tertiary/aromatic N) is 2. The lowest BCUT2D eigenvalue weighted by Crippen LogP contribution is -2.39. The molecule has 18 heavy (non-hydrogen) atoms. The first kappa shape index (κ1) is 14.2. The maximum Gasteiger partial charge on any atom is 0.305 e. The number of pyridine rings is 1. The van der Waals surface area contributed by atoms with E-state index in [0.717, 1.165) is 6.42 Å². The van der Waals surface area contributed by atoms with Crippen molar-refractivity contribution in [3.05, 3.63) is 30.1 Å². The predicted octanol–water partition coefficient (Wildman–Crippen LogP) is 1.80. The Morgan fingerprint density at radius 1 is 1.39 bits per heavy atom. The summed E-state index contributed by atoms with van der Waals surface area (Å²) in [5, 5.41) is 8.72. The average Bonchev–Trinajstić information content (AvgIpc) is 2.39. The van der Waals surface area contributed by atoms with Crippen LogP contribution in [0.3, 0.4) is 0 Å². The number of hydrogen-bond donors (Lipinski definition) is 1. The molecule has 5 heteroatoms. The molecule has 1 aromatic rings. The van der Waals surface area contributed by atoms with E-state index in [1.165, 1.54) is 0 Å². The second-order valence-corrected chi connectivity index (χ2v) is 4.14. The highest BCUT2D eigenvalue weighted by Gasteiger charge is 2.20. The SMILES string of the molecule is CCC(C)N(CCC(=O)O)C(=O)c1ccncc1. The van der Waals surface area contributed by atoms with E-state index >= 15 is 0 Å². The molecule has 98 valence electrons. The molecule has 1 amide bonds. The van der Waals surface area contributed by atoms with Gasteiger partial charge >= 0.3 is 5.97 Å². The third kappa shape index (κ3) is 3.84. The highest BCUT2D eigenvalue weighted by atomic mass is 16.4. The molecule has 0 spiro atoms. The Bertz CT molecular complexity index is 406. The van der Waals surface area contributed by atoms with Crippen LogP contribution in [0.25, 0.3) is 0 Å². The third-order valence-corrected chi connectivity index (χ3v) is 2.88. The maximum atomic E-state index is 12.3. The van der Waals surface area contributed by atoms with Crippen molar-refractivity contribution in [1.82, 2.24) is 9.88 Å². The molecule has 0 aliphatic rings. The van der Waals surface area contributed by atoms with Gasteiger partial charge in [0.15, 0.2) is 0 Å². The van der Waals surface area contributed by atoms with Crippen LogP contribution >= 0.6 is 0 Å². The summed E-state index contributed by atoms with van der Waals surface area (Å²) >= 11 is 0. The molecule has 1 atom stereocenters. The summed E-state index contributed by atoms with van der Waals surface area (Å²) in [5.41, 5.74) is 0.538. The van der Waals surface area contributed by atoms with Gasteiger partial charge in [0.05, 0.1) is 6.42 Å². The summed E-state index contributed by atoms with van der Waals surface area (Å²) in [6, 6.07) is 3.29. The molecule has 0 saturated heterocycles. The van der Waals surface area contributed by atoms with Crippen molar-refractivity contribution in [3.63, 3.8) is 0 Å². The van der Waals surface area contributed by atoms with Crippen LogP contribution in [0.2, 0.25) is 0 Å². The smallest absolute Gasteiger partial charge is 0.305 e. The fourth-order valence-corrected chi connectivity index (χ4v) is 1.62. The summed E-state index contributed by atoms with van der Waals surface area (Å²) < 4.78 is 0. The fraction of sp³-hybridized carbons (Fsp3) is 0.462. The number of amides is 1. The van der Waals surface area contributed by atoms with Crippen LogP contribution in [0, 0.1) is 0 Å². The van der Waals surface area contributed by atoms with Gasteiger partial charge in [-0.05, 0) is 25.5 Å². The summed E-state index contributed by atoms with van der Waals surface area (Å²) in [4.78, 5) is 28.4. The fourth-order valence-electron chi connectivity index (χ4n) is 1.62. The Kier molecular flexibility index (Phi) is 5.30. The molecule has 1 rings (SSSR count). The maximum absolute atomic E-state index is 12.3. The van der Waals surface area contributed by atoms with Gasteiger partial charge in [0.25, 0.3) is 5.91 Å². The van der Waals surface area contributed by atoms with Gasteiger partial charge in [0, 0.05) is 30.5 Å². The molecule has 1 N–H and O–H groups in total. The Balaban J connectivity index is 2.82. The van der Waals surface area contributed by atoms with E-state index in [1.54, 1.807) is 29.4 Å². The molecule has 1 unspecified atom stereocenters. The molecular weight excluding hydrogens is 232 g/mol. The predicted molar refractivity (Wildman–Crippen MR) is 67.3 cm³/mol. The lowest BCUT2D eigenvalue weighted by atomic mass is 10.1. The molecule has 0 radical (unpaired) electrons. The molecule has 5 nitrogen and oxygen atoms in total. The molecule has 0 fully saturated rings. The molecule has 0 saturated carbocycles.